The normalized spacial score (nSPS) is 15.5. The number of carboxylic acid groups (broad SMARTS) is 1. The van der Waals surface area contributed by atoms with Crippen molar-refractivity contribution in [3.63, 3.8) is 0 Å². The van der Waals surface area contributed by atoms with E-state index in [-0.39, 0.29) is 10.4 Å². The molecule has 0 aromatic heterocycles. The van der Waals surface area contributed by atoms with E-state index in [0.29, 0.717) is 0 Å². The number of carbonyl (C=O) groups is 1. The molecule has 64 valence electrons. The van der Waals surface area contributed by atoms with Crippen LogP contribution < -0.4 is 11.5 Å². The van der Waals surface area contributed by atoms with Crippen LogP contribution in [0.1, 0.15) is 6.92 Å². The average Bonchev–Trinajstić information content (AvgIpc) is 1.84. The summed E-state index contributed by atoms with van der Waals surface area (Å²) in [6.07, 6.45) is 0. The third-order valence-corrected chi connectivity index (χ3v) is 2.02. The van der Waals surface area contributed by atoms with Crippen molar-refractivity contribution in [3.05, 3.63) is 0 Å². The maximum atomic E-state index is 10.3. The highest BCUT2D eigenvalue weighted by Crippen LogP contribution is 2.11. The van der Waals surface area contributed by atoms with Gasteiger partial charge in [-0.05, 0) is 0 Å². The summed E-state index contributed by atoms with van der Waals surface area (Å²) in [5.41, 5.74) is 10.3. The Morgan fingerprint density at radius 3 is 2.45 bits per heavy atom. The van der Waals surface area contributed by atoms with Crippen LogP contribution >= 0.6 is 11.8 Å². The number of nitrogens with one attached hydrogen (secondary N) is 1. The minimum absolute atomic E-state index is 0.116. The molecule has 0 spiro atoms. The Labute approximate surface area is 68.6 Å². The molecule has 2 atom stereocenters. The lowest BCUT2D eigenvalue weighted by Gasteiger charge is -2.13. The summed E-state index contributed by atoms with van der Waals surface area (Å²) in [5, 5.41) is 14.8. The lowest BCUT2D eigenvalue weighted by Crippen LogP contribution is -2.39. The number of nitrogens with two attached hydrogens (primary N) is 2. The van der Waals surface area contributed by atoms with E-state index in [1.54, 1.807) is 6.92 Å². The molecule has 2 unspecified atom stereocenters. The van der Waals surface area contributed by atoms with Crippen molar-refractivity contribution in [2.45, 2.75) is 18.2 Å². The third-order valence-electron chi connectivity index (χ3n) is 1.10. The van der Waals surface area contributed by atoms with Gasteiger partial charge in [-0.15, -0.1) is 0 Å². The van der Waals surface area contributed by atoms with Crippen LogP contribution in [0, 0.1) is 5.41 Å². The van der Waals surface area contributed by atoms with Crippen LogP contribution in [0.4, 0.5) is 0 Å². The maximum absolute atomic E-state index is 10.3. The summed E-state index contributed by atoms with van der Waals surface area (Å²) < 4.78 is 0. The van der Waals surface area contributed by atoms with E-state index in [0.717, 1.165) is 11.8 Å². The zero-order chi connectivity index (χ0) is 9.02. The molecule has 0 aliphatic heterocycles. The topological polar surface area (TPSA) is 113 Å². The zero-order valence-electron chi connectivity index (χ0n) is 6.07. The summed E-state index contributed by atoms with van der Waals surface area (Å²) in [4.78, 5) is 10.3. The van der Waals surface area contributed by atoms with Crippen LogP contribution in [0.2, 0.25) is 0 Å². The van der Waals surface area contributed by atoms with Crippen molar-refractivity contribution in [3.8, 4) is 0 Å². The molecule has 0 saturated heterocycles. The second-order valence-corrected chi connectivity index (χ2v) is 3.47. The lowest BCUT2D eigenvalue weighted by atomic mass is 10.2. The molecule has 0 fully saturated rings. The molecule has 0 rings (SSSR count). The predicted octanol–water partition coefficient (Wildman–Crippen LogP) is -0.587. The second-order valence-electron chi connectivity index (χ2n) is 2.05. The van der Waals surface area contributed by atoms with E-state index in [1.165, 1.54) is 0 Å². The summed E-state index contributed by atoms with van der Waals surface area (Å²) in [6.45, 7) is 1.62. The van der Waals surface area contributed by atoms with Gasteiger partial charge in [0, 0.05) is 5.25 Å². The van der Waals surface area contributed by atoms with E-state index < -0.39 is 12.0 Å². The van der Waals surface area contributed by atoms with Gasteiger partial charge in [0.25, 0.3) is 0 Å². The minimum atomic E-state index is -1.08. The van der Waals surface area contributed by atoms with Crippen molar-refractivity contribution >= 4 is 22.9 Å². The van der Waals surface area contributed by atoms with E-state index in [1.807, 2.05) is 0 Å². The predicted molar refractivity (Wildman–Crippen MR) is 44.6 cm³/mol. The van der Waals surface area contributed by atoms with Gasteiger partial charge in [-0.2, -0.15) is 0 Å². The maximum Gasteiger partial charge on any atom is 0.321 e. The van der Waals surface area contributed by atoms with E-state index >= 15 is 0 Å². The SMILES string of the molecule is CC(SC(=N)N)C(N)C(=O)O. The Hall–Kier alpha value is -0.750. The molecule has 0 amide bonds. The first-order valence-corrected chi connectivity index (χ1v) is 3.82. The molecule has 0 aliphatic carbocycles. The fraction of sp³-hybridized carbons (Fsp3) is 0.600. The van der Waals surface area contributed by atoms with Crippen molar-refractivity contribution in [1.29, 1.82) is 5.41 Å². The standard InChI is InChI=1S/C5H11N3O2S/c1-2(11-5(7)8)3(6)4(9)10/h2-3H,6H2,1H3,(H3,7,8)(H,9,10). The highest BCUT2D eigenvalue weighted by Gasteiger charge is 2.20. The molecule has 0 radical (unpaired) electrons. The molecule has 0 heterocycles. The first-order chi connectivity index (χ1) is 4.95. The highest BCUT2D eigenvalue weighted by atomic mass is 32.2. The summed E-state index contributed by atoms with van der Waals surface area (Å²) in [6, 6.07) is -0.969. The van der Waals surface area contributed by atoms with Crippen LogP contribution in [-0.2, 0) is 4.79 Å². The lowest BCUT2D eigenvalue weighted by molar-refractivity contribution is -0.138. The second kappa shape index (κ2) is 4.20. The minimum Gasteiger partial charge on any atom is -0.480 e. The van der Waals surface area contributed by atoms with Gasteiger partial charge in [0.15, 0.2) is 5.17 Å². The first-order valence-electron chi connectivity index (χ1n) is 2.94. The fourth-order valence-corrected chi connectivity index (χ4v) is 1.14. The smallest absolute Gasteiger partial charge is 0.321 e. The summed E-state index contributed by atoms with van der Waals surface area (Å²) >= 11 is 0.946. The molecule has 0 aromatic carbocycles. The molecule has 0 aliphatic rings. The van der Waals surface area contributed by atoms with E-state index in [9.17, 15) is 4.79 Å². The third kappa shape index (κ3) is 3.84. The largest absolute Gasteiger partial charge is 0.480 e. The van der Waals surface area contributed by atoms with Gasteiger partial charge in [0.2, 0.25) is 0 Å². The first kappa shape index (κ1) is 10.2. The van der Waals surface area contributed by atoms with Crippen molar-refractivity contribution < 1.29 is 9.90 Å². The van der Waals surface area contributed by atoms with Crippen LogP contribution in [0.3, 0.4) is 0 Å². The van der Waals surface area contributed by atoms with Crippen LogP contribution in [0.15, 0.2) is 0 Å². The van der Waals surface area contributed by atoms with Gasteiger partial charge < -0.3 is 16.6 Å². The van der Waals surface area contributed by atoms with Crippen molar-refractivity contribution in [1.82, 2.24) is 0 Å². The molecule has 0 bridgehead atoms. The van der Waals surface area contributed by atoms with E-state index in [2.05, 4.69) is 0 Å². The van der Waals surface area contributed by atoms with Gasteiger partial charge in [0.1, 0.15) is 6.04 Å². The van der Waals surface area contributed by atoms with Gasteiger partial charge in [-0.1, -0.05) is 18.7 Å². The number of aliphatic carboxylic acids is 1. The molecule has 6 heteroatoms. The molecule has 6 N–H and O–H groups in total. The van der Waals surface area contributed by atoms with Gasteiger partial charge in [0.05, 0.1) is 0 Å². The Bertz CT molecular complexity index is 173. The molecular formula is C5H11N3O2S. The molecule has 0 aromatic rings. The molecule has 11 heavy (non-hydrogen) atoms. The van der Waals surface area contributed by atoms with Gasteiger partial charge in [-0.25, -0.2) is 0 Å². The molecule has 5 nitrogen and oxygen atoms in total. The number of carboxylic acids is 1. The quantitative estimate of drug-likeness (QED) is 0.340. The number of amidine groups is 1. The van der Waals surface area contributed by atoms with E-state index in [4.69, 9.17) is 22.0 Å². The van der Waals surface area contributed by atoms with Crippen LogP contribution in [0.5, 0.6) is 0 Å². The Balaban J connectivity index is 3.92. The average molecular weight is 177 g/mol. The Morgan fingerprint density at radius 2 is 2.18 bits per heavy atom. The number of rotatable bonds is 3. The van der Waals surface area contributed by atoms with Crippen LogP contribution in [0.25, 0.3) is 0 Å². The zero-order valence-corrected chi connectivity index (χ0v) is 6.89. The van der Waals surface area contributed by atoms with Crippen molar-refractivity contribution in [2.75, 3.05) is 0 Å². The Kier molecular flexibility index (Phi) is 3.91. The summed E-state index contributed by atoms with van der Waals surface area (Å²) in [7, 11) is 0. The highest BCUT2D eigenvalue weighted by molar-refractivity contribution is 8.14. The number of hydrogen-bond acceptors (Lipinski definition) is 4. The fourth-order valence-electron chi connectivity index (χ4n) is 0.474. The van der Waals surface area contributed by atoms with Gasteiger partial charge in [-0.3, -0.25) is 10.2 Å². The summed E-state index contributed by atoms with van der Waals surface area (Å²) in [5.74, 6) is -1.08. The van der Waals surface area contributed by atoms with Gasteiger partial charge >= 0.3 is 5.97 Å². The Morgan fingerprint density at radius 1 is 1.73 bits per heavy atom. The molecule has 0 saturated carbocycles. The monoisotopic (exact) mass is 177 g/mol. The molecular weight excluding hydrogens is 166 g/mol. The van der Waals surface area contributed by atoms with Crippen LogP contribution in [-0.4, -0.2) is 27.5 Å². The number of hydrogen-bond donors (Lipinski definition) is 4. The number of thioether (sulfide) groups is 1. The van der Waals surface area contributed by atoms with Crippen molar-refractivity contribution in [2.24, 2.45) is 11.5 Å².